The largest absolute Gasteiger partial charge is 0.326 e. The Morgan fingerprint density at radius 3 is 2.62 bits per heavy atom. The number of aryl methyl sites for hydroxylation is 2. The molecule has 7 heteroatoms. The van der Waals surface area contributed by atoms with E-state index in [2.05, 4.69) is 43.8 Å². The van der Waals surface area contributed by atoms with Crippen molar-refractivity contribution in [2.75, 3.05) is 18.4 Å². The second-order valence-electron chi connectivity index (χ2n) is 5.88. The quantitative estimate of drug-likeness (QED) is 0.791. The van der Waals surface area contributed by atoms with Gasteiger partial charge in [-0.25, -0.2) is 0 Å². The van der Waals surface area contributed by atoms with Crippen molar-refractivity contribution in [3.05, 3.63) is 46.7 Å². The Balaban J connectivity index is 0.00000208. The van der Waals surface area contributed by atoms with Gasteiger partial charge in [-0.05, 0) is 66.0 Å². The van der Waals surface area contributed by atoms with Gasteiger partial charge in [0.05, 0.1) is 10.7 Å². The maximum absolute atomic E-state index is 12.2. The standard InChI is InChI=1S/C17H21BrN4O.ClH/c18-15-11-20-22(12-15)10-7-13-1-3-16(4-2-13)21-17(23)14-5-8-19-9-6-14;/h1-4,11-12,14,19H,5-10H2,(H,21,23);1H. The highest BCUT2D eigenvalue weighted by atomic mass is 79.9. The summed E-state index contributed by atoms with van der Waals surface area (Å²) in [5.41, 5.74) is 2.11. The topological polar surface area (TPSA) is 59.0 Å². The number of rotatable bonds is 5. The summed E-state index contributed by atoms with van der Waals surface area (Å²) in [5, 5.41) is 10.6. The number of piperidine rings is 1. The molecule has 1 fully saturated rings. The van der Waals surface area contributed by atoms with Crippen LogP contribution in [0.3, 0.4) is 0 Å². The molecule has 0 spiro atoms. The minimum atomic E-state index is 0. The molecule has 1 aliphatic heterocycles. The Morgan fingerprint density at radius 1 is 1.29 bits per heavy atom. The number of hydrogen-bond acceptors (Lipinski definition) is 3. The van der Waals surface area contributed by atoms with Gasteiger partial charge in [0, 0.05) is 24.3 Å². The van der Waals surface area contributed by atoms with Crippen molar-refractivity contribution < 1.29 is 4.79 Å². The maximum Gasteiger partial charge on any atom is 0.227 e. The number of amides is 1. The molecule has 5 nitrogen and oxygen atoms in total. The van der Waals surface area contributed by atoms with E-state index < -0.39 is 0 Å². The lowest BCUT2D eigenvalue weighted by Crippen LogP contribution is -2.34. The Kier molecular flexibility index (Phi) is 7.27. The zero-order valence-corrected chi connectivity index (χ0v) is 15.8. The van der Waals surface area contributed by atoms with E-state index in [-0.39, 0.29) is 24.2 Å². The van der Waals surface area contributed by atoms with Crippen LogP contribution in [0.25, 0.3) is 0 Å². The summed E-state index contributed by atoms with van der Waals surface area (Å²) < 4.78 is 2.91. The van der Waals surface area contributed by atoms with Crippen LogP contribution in [-0.4, -0.2) is 28.8 Å². The third-order valence-corrected chi connectivity index (χ3v) is 4.57. The van der Waals surface area contributed by atoms with Gasteiger partial charge >= 0.3 is 0 Å². The number of anilines is 1. The van der Waals surface area contributed by atoms with Gasteiger partial charge < -0.3 is 10.6 Å². The summed E-state index contributed by atoms with van der Waals surface area (Å²) >= 11 is 3.40. The van der Waals surface area contributed by atoms with E-state index >= 15 is 0 Å². The van der Waals surface area contributed by atoms with Crippen LogP contribution in [0.1, 0.15) is 18.4 Å². The normalized spacial score (nSPS) is 14.9. The van der Waals surface area contributed by atoms with E-state index in [0.717, 1.165) is 49.1 Å². The van der Waals surface area contributed by atoms with Crippen LogP contribution in [0.2, 0.25) is 0 Å². The number of aromatic nitrogens is 2. The van der Waals surface area contributed by atoms with Gasteiger partial charge in [-0.1, -0.05) is 12.1 Å². The molecule has 0 saturated carbocycles. The number of nitrogens with zero attached hydrogens (tertiary/aromatic N) is 2. The van der Waals surface area contributed by atoms with E-state index in [1.54, 1.807) is 6.20 Å². The highest BCUT2D eigenvalue weighted by Gasteiger charge is 2.20. The van der Waals surface area contributed by atoms with Crippen LogP contribution < -0.4 is 10.6 Å². The molecule has 0 radical (unpaired) electrons. The zero-order chi connectivity index (χ0) is 16.1. The number of hydrogen-bond donors (Lipinski definition) is 2. The van der Waals surface area contributed by atoms with E-state index in [9.17, 15) is 4.79 Å². The summed E-state index contributed by atoms with van der Waals surface area (Å²) in [4.78, 5) is 12.2. The van der Waals surface area contributed by atoms with Gasteiger partial charge in [0.15, 0.2) is 0 Å². The minimum Gasteiger partial charge on any atom is -0.326 e. The summed E-state index contributed by atoms with van der Waals surface area (Å²) in [6.45, 7) is 2.70. The Hall–Kier alpha value is -1.37. The molecule has 3 rings (SSSR count). The van der Waals surface area contributed by atoms with Crippen LogP contribution in [0, 0.1) is 5.92 Å². The Bertz CT molecular complexity index is 653. The van der Waals surface area contributed by atoms with Gasteiger partial charge in [-0.2, -0.15) is 5.10 Å². The van der Waals surface area contributed by atoms with Gasteiger partial charge in [0.1, 0.15) is 0 Å². The Morgan fingerprint density at radius 2 is 2.00 bits per heavy atom. The third-order valence-electron chi connectivity index (χ3n) is 4.16. The molecule has 130 valence electrons. The first-order chi connectivity index (χ1) is 11.2. The molecule has 0 bridgehead atoms. The molecule has 0 aliphatic carbocycles. The lowest BCUT2D eigenvalue weighted by molar-refractivity contribution is -0.120. The molecular formula is C17H22BrClN4O. The van der Waals surface area contributed by atoms with Crippen molar-refractivity contribution in [1.29, 1.82) is 0 Å². The second kappa shape index (κ2) is 9.20. The van der Waals surface area contributed by atoms with Crippen LogP contribution in [0.15, 0.2) is 41.1 Å². The fraction of sp³-hybridized carbons (Fsp3) is 0.412. The van der Waals surface area contributed by atoms with E-state index in [1.165, 1.54) is 5.56 Å². The number of carbonyl (C=O) groups excluding carboxylic acids is 1. The van der Waals surface area contributed by atoms with E-state index in [1.807, 2.05) is 23.0 Å². The smallest absolute Gasteiger partial charge is 0.227 e. The number of halogens is 2. The van der Waals surface area contributed by atoms with Crippen LogP contribution in [-0.2, 0) is 17.8 Å². The summed E-state index contributed by atoms with van der Waals surface area (Å²) in [6.07, 6.45) is 6.51. The van der Waals surface area contributed by atoms with Gasteiger partial charge in [-0.15, -0.1) is 12.4 Å². The first-order valence-electron chi connectivity index (χ1n) is 7.99. The monoisotopic (exact) mass is 412 g/mol. The van der Waals surface area contributed by atoms with Crippen molar-refractivity contribution >= 4 is 39.9 Å². The van der Waals surface area contributed by atoms with Gasteiger partial charge in [0.25, 0.3) is 0 Å². The number of nitrogens with one attached hydrogen (secondary N) is 2. The molecule has 1 aromatic heterocycles. The van der Waals surface area contributed by atoms with Gasteiger partial charge in [0.2, 0.25) is 5.91 Å². The molecule has 1 saturated heterocycles. The molecule has 24 heavy (non-hydrogen) atoms. The SMILES string of the molecule is Cl.O=C(Nc1ccc(CCn2cc(Br)cn2)cc1)C1CCNCC1. The average molecular weight is 414 g/mol. The fourth-order valence-corrected chi connectivity index (χ4v) is 3.12. The zero-order valence-electron chi connectivity index (χ0n) is 13.4. The number of carbonyl (C=O) groups is 1. The third kappa shape index (κ3) is 5.33. The molecule has 1 aromatic carbocycles. The molecule has 2 aromatic rings. The lowest BCUT2D eigenvalue weighted by Gasteiger charge is -2.21. The molecule has 1 aliphatic rings. The van der Waals surface area contributed by atoms with Crippen molar-refractivity contribution in [1.82, 2.24) is 15.1 Å². The first-order valence-corrected chi connectivity index (χ1v) is 8.78. The van der Waals surface area contributed by atoms with Crippen molar-refractivity contribution in [2.45, 2.75) is 25.8 Å². The molecule has 1 amide bonds. The maximum atomic E-state index is 12.2. The summed E-state index contributed by atoms with van der Waals surface area (Å²) in [7, 11) is 0. The minimum absolute atomic E-state index is 0. The molecule has 2 heterocycles. The predicted molar refractivity (Wildman–Crippen MR) is 102 cm³/mol. The second-order valence-corrected chi connectivity index (χ2v) is 6.80. The predicted octanol–water partition coefficient (Wildman–Crippen LogP) is 3.25. The van der Waals surface area contributed by atoms with Crippen molar-refractivity contribution in [2.24, 2.45) is 5.92 Å². The van der Waals surface area contributed by atoms with Crippen molar-refractivity contribution in [3.63, 3.8) is 0 Å². The Labute approximate surface area is 156 Å². The van der Waals surface area contributed by atoms with Crippen LogP contribution in [0.5, 0.6) is 0 Å². The van der Waals surface area contributed by atoms with Gasteiger partial charge in [-0.3, -0.25) is 9.48 Å². The van der Waals surface area contributed by atoms with E-state index in [0.29, 0.717) is 0 Å². The molecule has 0 unspecified atom stereocenters. The number of benzene rings is 1. The summed E-state index contributed by atoms with van der Waals surface area (Å²) in [5.74, 6) is 0.273. The summed E-state index contributed by atoms with van der Waals surface area (Å²) in [6, 6.07) is 8.09. The highest BCUT2D eigenvalue weighted by molar-refractivity contribution is 9.10. The fourth-order valence-electron chi connectivity index (χ4n) is 2.79. The van der Waals surface area contributed by atoms with E-state index in [4.69, 9.17) is 0 Å². The lowest BCUT2D eigenvalue weighted by atomic mass is 9.97. The molecule has 2 N–H and O–H groups in total. The molecule has 0 atom stereocenters. The average Bonchev–Trinajstić information content (AvgIpc) is 3.00. The highest BCUT2D eigenvalue weighted by Crippen LogP contribution is 2.16. The van der Waals surface area contributed by atoms with Crippen LogP contribution in [0.4, 0.5) is 5.69 Å². The van der Waals surface area contributed by atoms with Crippen LogP contribution >= 0.6 is 28.3 Å². The molecular weight excluding hydrogens is 392 g/mol. The van der Waals surface area contributed by atoms with Crippen molar-refractivity contribution in [3.8, 4) is 0 Å². The first kappa shape index (κ1) is 19.0.